The van der Waals surface area contributed by atoms with Gasteiger partial charge in [-0.1, -0.05) is 60.1 Å². The van der Waals surface area contributed by atoms with Gasteiger partial charge in [0.2, 0.25) is 0 Å². The smallest absolute Gasteiger partial charge is 0.266 e. The van der Waals surface area contributed by atoms with Crippen molar-refractivity contribution in [3.05, 3.63) is 105 Å². The van der Waals surface area contributed by atoms with Gasteiger partial charge in [-0.25, -0.2) is 4.39 Å². The number of nitriles is 1. The van der Waals surface area contributed by atoms with Gasteiger partial charge in [-0.3, -0.25) is 4.79 Å². The summed E-state index contributed by atoms with van der Waals surface area (Å²) in [5.41, 5.74) is 3.44. The van der Waals surface area contributed by atoms with Crippen LogP contribution < -0.4 is 5.32 Å². The fourth-order valence-electron chi connectivity index (χ4n) is 2.86. The van der Waals surface area contributed by atoms with E-state index in [1.807, 2.05) is 31.2 Å². The molecule has 29 heavy (non-hydrogen) atoms. The fourth-order valence-corrected chi connectivity index (χ4v) is 3.12. The summed E-state index contributed by atoms with van der Waals surface area (Å²) in [6, 6.07) is 21.0. The Morgan fingerprint density at radius 3 is 2.52 bits per heavy atom. The number of halogens is 2. The second kappa shape index (κ2) is 9.18. The average Bonchev–Trinajstić information content (AvgIpc) is 2.71. The minimum Gasteiger partial charge on any atom is -0.321 e. The van der Waals surface area contributed by atoms with Gasteiger partial charge in [-0.05, 0) is 53.5 Å². The molecular weight excluding hydrogens is 387 g/mol. The molecule has 0 aliphatic heterocycles. The van der Waals surface area contributed by atoms with Crippen molar-refractivity contribution in [2.45, 2.75) is 13.3 Å². The molecule has 0 aliphatic carbocycles. The number of amides is 1. The molecule has 144 valence electrons. The third-order valence-electron chi connectivity index (χ3n) is 4.49. The van der Waals surface area contributed by atoms with Gasteiger partial charge in [0.15, 0.2) is 0 Å². The van der Waals surface area contributed by atoms with E-state index in [-0.39, 0.29) is 11.4 Å². The molecule has 0 fully saturated rings. The number of nitrogens with zero attached hydrogens (tertiary/aromatic N) is 1. The van der Waals surface area contributed by atoms with Crippen LogP contribution in [0.1, 0.15) is 22.3 Å². The number of hydrogen-bond acceptors (Lipinski definition) is 2. The number of para-hydroxylation sites is 1. The molecule has 1 N–H and O–H groups in total. The summed E-state index contributed by atoms with van der Waals surface area (Å²) in [6.45, 7) is 1.87. The maximum absolute atomic E-state index is 13.9. The van der Waals surface area contributed by atoms with Gasteiger partial charge in [-0.2, -0.15) is 5.26 Å². The second-order valence-corrected chi connectivity index (χ2v) is 6.97. The van der Waals surface area contributed by atoms with Crippen LogP contribution in [0, 0.1) is 24.1 Å². The highest BCUT2D eigenvalue weighted by Gasteiger charge is 2.12. The van der Waals surface area contributed by atoms with Gasteiger partial charge in [0.1, 0.15) is 17.5 Å². The SMILES string of the molecule is Cc1ccccc1NC(=O)/C(C#N)=C/c1ccc(Cc2ccccc2F)c(Cl)c1. The molecular formula is C24H18ClFN2O. The van der Waals surface area contributed by atoms with Crippen molar-refractivity contribution >= 4 is 29.3 Å². The van der Waals surface area contributed by atoms with Crippen LogP contribution in [-0.2, 0) is 11.2 Å². The van der Waals surface area contributed by atoms with Crippen molar-refractivity contribution in [1.82, 2.24) is 0 Å². The summed E-state index contributed by atoms with van der Waals surface area (Å²) in [7, 11) is 0. The minimum atomic E-state index is -0.492. The summed E-state index contributed by atoms with van der Waals surface area (Å²) in [5.74, 6) is -0.777. The van der Waals surface area contributed by atoms with Crippen LogP contribution in [0.4, 0.5) is 10.1 Å². The van der Waals surface area contributed by atoms with E-state index in [4.69, 9.17) is 11.6 Å². The van der Waals surface area contributed by atoms with Crippen LogP contribution in [0.2, 0.25) is 5.02 Å². The molecule has 0 radical (unpaired) electrons. The molecule has 0 saturated heterocycles. The molecule has 1 amide bonds. The van der Waals surface area contributed by atoms with Gasteiger partial charge >= 0.3 is 0 Å². The zero-order valence-electron chi connectivity index (χ0n) is 15.7. The molecule has 3 rings (SSSR count). The lowest BCUT2D eigenvalue weighted by molar-refractivity contribution is -0.112. The monoisotopic (exact) mass is 404 g/mol. The van der Waals surface area contributed by atoms with Gasteiger partial charge < -0.3 is 5.32 Å². The van der Waals surface area contributed by atoms with Crippen LogP contribution in [0.15, 0.2) is 72.3 Å². The summed E-state index contributed by atoms with van der Waals surface area (Å²) in [6.07, 6.45) is 1.83. The first-order valence-corrected chi connectivity index (χ1v) is 9.36. The van der Waals surface area contributed by atoms with Gasteiger partial charge in [-0.15, -0.1) is 0 Å². The minimum absolute atomic E-state index is 0.0360. The van der Waals surface area contributed by atoms with Crippen molar-refractivity contribution in [3.8, 4) is 6.07 Å². The predicted molar refractivity (Wildman–Crippen MR) is 114 cm³/mol. The number of carbonyl (C=O) groups is 1. The zero-order valence-corrected chi connectivity index (χ0v) is 16.5. The standard InChI is InChI=1S/C24H18ClFN2O/c1-16-6-2-5-9-23(16)28-24(29)20(15-27)12-17-10-11-18(21(25)13-17)14-19-7-3-4-8-22(19)26/h2-13H,14H2,1H3,(H,28,29)/b20-12+. The summed E-state index contributed by atoms with van der Waals surface area (Å²) < 4.78 is 13.9. The van der Waals surface area contributed by atoms with Crippen molar-refractivity contribution < 1.29 is 9.18 Å². The van der Waals surface area contributed by atoms with Crippen molar-refractivity contribution in [2.24, 2.45) is 0 Å². The van der Waals surface area contributed by atoms with E-state index in [0.717, 1.165) is 11.1 Å². The summed E-state index contributed by atoms with van der Waals surface area (Å²) >= 11 is 6.35. The highest BCUT2D eigenvalue weighted by Crippen LogP contribution is 2.24. The van der Waals surface area contributed by atoms with E-state index in [1.54, 1.807) is 42.5 Å². The molecule has 0 unspecified atom stereocenters. The molecule has 0 saturated carbocycles. The van der Waals surface area contributed by atoms with E-state index < -0.39 is 5.91 Å². The summed E-state index contributed by atoms with van der Waals surface area (Å²) in [5, 5.41) is 12.6. The topological polar surface area (TPSA) is 52.9 Å². The predicted octanol–water partition coefficient (Wildman–Crippen LogP) is 5.92. The quantitative estimate of drug-likeness (QED) is 0.423. The van der Waals surface area contributed by atoms with E-state index in [1.165, 1.54) is 12.1 Å². The van der Waals surface area contributed by atoms with E-state index >= 15 is 0 Å². The lowest BCUT2D eigenvalue weighted by Gasteiger charge is -2.08. The Bertz CT molecular complexity index is 1130. The van der Waals surface area contributed by atoms with Crippen LogP contribution in [0.25, 0.3) is 6.08 Å². The van der Waals surface area contributed by atoms with Crippen molar-refractivity contribution in [1.29, 1.82) is 5.26 Å². The molecule has 3 nitrogen and oxygen atoms in total. The highest BCUT2D eigenvalue weighted by molar-refractivity contribution is 6.31. The number of anilines is 1. The molecule has 0 heterocycles. The molecule has 0 aromatic heterocycles. The average molecular weight is 405 g/mol. The van der Waals surface area contributed by atoms with Gasteiger partial charge in [0.05, 0.1) is 0 Å². The molecule has 3 aromatic rings. The number of benzene rings is 3. The molecule has 0 bridgehead atoms. The van der Waals surface area contributed by atoms with E-state index in [0.29, 0.717) is 28.3 Å². The fraction of sp³-hybridized carbons (Fsp3) is 0.0833. The third kappa shape index (κ3) is 5.10. The lowest BCUT2D eigenvalue weighted by Crippen LogP contribution is -2.14. The van der Waals surface area contributed by atoms with Crippen LogP contribution in [-0.4, -0.2) is 5.91 Å². The number of nitrogens with one attached hydrogen (secondary N) is 1. The molecule has 0 spiro atoms. The van der Waals surface area contributed by atoms with E-state index in [9.17, 15) is 14.4 Å². The molecule has 3 aromatic carbocycles. The largest absolute Gasteiger partial charge is 0.321 e. The Balaban J connectivity index is 1.80. The number of carbonyl (C=O) groups excluding carboxylic acids is 1. The highest BCUT2D eigenvalue weighted by atomic mass is 35.5. The summed E-state index contributed by atoms with van der Waals surface area (Å²) in [4.78, 5) is 12.5. The van der Waals surface area contributed by atoms with Gasteiger partial charge in [0, 0.05) is 17.1 Å². The number of hydrogen-bond donors (Lipinski definition) is 1. The van der Waals surface area contributed by atoms with Crippen LogP contribution >= 0.6 is 11.6 Å². The first kappa shape index (κ1) is 20.3. The zero-order chi connectivity index (χ0) is 20.8. The number of aryl methyl sites for hydroxylation is 1. The van der Waals surface area contributed by atoms with Crippen LogP contribution in [0.5, 0.6) is 0 Å². The maximum atomic E-state index is 13.9. The first-order chi connectivity index (χ1) is 14.0. The number of rotatable bonds is 5. The van der Waals surface area contributed by atoms with Crippen molar-refractivity contribution in [3.63, 3.8) is 0 Å². The van der Waals surface area contributed by atoms with Crippen LogP contribution in [0.3, 0.4) is 0 Å². The Kier molecular flexibility index (Phi) is 6.43. The normalized spacial score (nSPS) is 11.0. The van der Waals surface area contributed by atoms with Gasteiger partial charge in [0.25, 0.3) is 5.91 Å². The van der Waals surface area contributed by atoms with Crippen molar-refractivity contribution in [2.75, 3.05) is 5.32 Å². The third-order valence-corrected chi connectivity index (χ3v) is 4.84. The Morgan fingerprint density at radius 2 is 1.83 bits per heavy atom. The second-order valence-electron chi connectivity index (χ2n) is 6.56. The lowest BCUT2D eigenvalue weighted by atomic mass is 10.0. The molecule has 0 aliphatic rings. The first-order valence-electron chi connectivity index (χ1n) is 8.98. The Labute approximate surface area is 174 Å². The molecule has 0 atom stereocenters. The Morgan fingerprint density at radius 1 is 1.10 bits per heavy atom. The van der Waals surface area contributed by atoms with E-state index in [2.05, 4.69) is 5.32 Å². The molecule has 5 heteroatoms. The Hall–Kier alpha value is -3.42. The maximum Gasteiger partial charge on any atom is 0.266 e.